The predicted molar refractivity (Wildman–Crippen MR) is 105 cm³/mol. The van der Waals surface area contributed by atoms with Crippen molar-refractivity contribution in [2.24, 2.45) is 0 Å². The van der Waals surface area contributed by atoms with Gasteiger partial charge in [0.1, 0.15) is 12.0 Å². The van der Waals surface area contributed by atoms with Crippen molar-refractivity contribution in [3.05, 3.63) is 36.2 Å². The van der Waals surface area contributed by atoms with Crippen LogP contribution in [0.3, 0.4) is 0 Å². The van der Waals surface area contributed by atoms with Gasteiger partial charge >= 0.3 is 0 Å². The van der Waals surface area contributed by atoms with E-state index in [1.54, 1.807) is 6.33 Å². The number of hydrogen-bond donors (Lipinski definition) is 2. The van der Waals surface area contributed by atoms with Crippen molar-refractivity contribution in [1.82, 2.24) is 9.97 Å². The minimum Gasteiger partial charge on any atom is -0.393 e. The number of nitrogens with zero attached hydrogens (tertiary/aromatic N) is 3. The average Bonchev–Trinajstić information content (AvgIpc) is 2.92. The Bertz CT molecular complexity index is 660. The summed E-state index contributed by atoms with van der Waals surface area (Å²) in [5.41, 5.74) is 9.39. The van der Waals surface area contributed by atoms with Crippen molar-refractivity contribution in [2.75, 3.05) is 29.0 Å². The first-order chi connectivity index (χ1) is 12.3. The van der Waals surface area contributed by atoms with Gasteiger partial charge in [-0.2, -0.15) is 0 Å². The molecule has 0 radical (unpaired) electrons. The quantitative estimate of drug-likeness (QED) is 0.809. The number of rotatable bonds is 6. The number of aryl methyl sites for hydroxylation is 1. The lowest BCUT2D eigenvalue weighted by atomic mass is 10.1. The molecule has 5 nitrogen and oxygen atoms in total. The van der Waals surface area contributed by atoms with Crippen LogP contribution in [0.15, 0.2) is 30.6 Å². The summed E-state index contributed by atoms with van der Waals surface area (Å²) in [5.74, 6) is 1.55. The second-order valence-corrected chi connectivity index (χ2v) is 6.79. The van der Waals surface area contributed by atoms with Gasteiger partial charge in [-0.25, -0.2) is 9.97 Å². The molecule has 1 aliphatic heterocycles. The fourth-order valence-electron chi connectivity index (χ4n) is 3.29. The van der Waals surface area contributed by atoms with Crippen LogP contribution >= 0.6 is 0 Å². The molecule has 1 saturated heterocycles. The number of nitrogen functional groups attached to an aromatic ring is 1. The fourth-order valence-corrected chi connectivity index (χ4v) is 3.29. The highest BCUT2D eigenvalue weighted by Gasteiger charge is 2.16. The molecule has 3 rings (SSSR count). The van der Waals surface area contributed by atoms with Crippen LogP contribution in [0.25, 0.3) is 0 Å². The molecule has 1 aliphatic rings. The van der Waals surface area contributed by atoms with E-state index in [2.05, 4.69) is 51.4 Å². The molecule has 0 spiro atoms. The van der Waals surface area contributed by atoms with Gasteiger partial charge in [-0.05, 0) is 43.4 Å². The molecular formula is C20H29N5. The normalized spacial score (nSPS) is 15.0. The van der Waals surface area contributed by atoms with Crippen LogP contribution < -0.4 is 16.0 Å². The monoisotopic (exact) mass is 339 g/mol. The van der Waals surface area contributed by atoms with Crippen molar-refractivity contribution in [1.29, 1.82) is 0 Å². The van der Waals surface area contributed by atoms with E-state index < -0.39 is 0 Å². The van der Waals surface area contributed by atoms with Crippen molar-refractivity contribution in [3.8, 4) is 0 Å². The summed E-state index contributed by atoms with van der Waals surface area (Å²) in [7, 11) is 0. The Hall–Kier alpha value is -2.30. The molecule has 5 heteroatoms. The lowest BCUT2D eigenvalue weighted by molar-refractivity contribution is 0.726. The maximum Gasteiger partial charge on any atom is 0.159 e. The standard InChI is InChI=1S/C20H29N5/c1-2-3-8-16-9-11-17(12-10-16)24-19-18(21)20(23-15-22-19)25-13-6-4-5-7-14-25/h9-12,15H,2-8,13-14,21H2,1H3,(H,22,23,24). The van der Waals surface area contributed by atoms with E-state index in [1.807, 2.05) is 0 Å². The van der Waals surface area contributed by atoms with Crippen molar-refractivity contribution in [3.63, 3.8) is 0 Å². The average molecular weight is 339 g/mol. The van der Waals surface area contributed by atoms with Gasteiger partial charge in [0, 0.05) is 18.8 Å². The van der Waals surface area contributed by atoms with Crippen LogP contribution in [-0.2, 0) is 6.42 Å². The lowest BCUT2D eigenvalue weighted by Crippen LogP contribution is -2.26. The summed E-state index contributed by atoms with van der Waals surface area (Å²) in [6.45, 7) is 4.26. The lowest BCUT2D eigenvalue weighted by Gasteiger charge is -2.23. The number of nitrogens with two attached hydrogens (primary N) is 1. The third-order valence-electron chi connectivity index (χ3n) is 4.80. The first kappa shape index (κ1) is 17.5. The third-order valence-corrected chi connectivity index (χ3v) is 4.80. The molecule has 134 valence electrons. The van der Waals surface area contributed by atoms with E-state index in [0.29, 0.717) is 11.5 Å². The van der Waals surface area contributed by atoms with Gasteiger partial charge in [-0.15, -0.1) is 0 Å². The molecule has 1 fully saturated rings. The second-order valence-electron chi connectivity index (χ2n) is 6.79. The fraction of sp³-hybridized carbons (Fsp3) is 0.500. The van der Waals surface area contributed by atoms with Crippen LogP contribution in [0.1, 0.15) is 51.0 Å². The molecule has 3 N–H and O–H groups in total. The van der Waals surface area contributed by atoms with Gasteiger partial charge in [0.25, 0.3) is 0 Å². The van der Waals surface area contributed by atoms with Crippen molar-refractivity contribution in [2.45, 2.75) is 51.9 Å². The Morgan fingerprint density at radius 1 is 1.04 bits per heavy atom. The second kappa shape index (κ2) is 8.70. The van der Waals surface area contributed by atoms with Crippen molar-refractivity contribution >= 4 is 23.0 Å². The van der Waals surface area contributed by atoms with E-state index >= 15 is 0 Å². The summed E-state index contributed by atoms with van der Waals surface area (Å²) < 4.78 is 0. The van der Waals surface area contributed by atoms with Crippen LogP contribution in [-0.4, -0.2) is 23.1 Å². The molecule has 0 atom stereocenters. The summed E-state index contributed by atoms with van der Waals surface area (Å²) in [4.78, 5) is 11.1. The molecule has 1 aromatic heterocycles. The summed E-state index contributed by atoms with van der Waals surface area (Å²) >= 11 is 0. The molecule has 2 heterocycles. The number of nitrogens with one attached hydrogen (secondary N) is 1. The minimum absolute atomic E-state index is 0.638. The first-order valence-electron chi connectivity index (χ1n) is 9.49. The zero-order valence-corrected chi connectivity index (χ0v) is 15.2. The van der Waals surface area contributed by atoms with E-state index in [0.717, 1.165) is 31.0 Å². The number of aromatic nitrogens is 2. The Labute approximate surface area is 150 Å². The Kier molecular flexibility index (Phi) is 6.09. The van der Waals surface area contributed by atoms with E-state index in [9.17, 15) is 0 Å². The summed E-state index contributed by atoms with van der Waals surface area (Å²) in [5, 5.41) is 3.35. The largest absolute Gasteiger partial charge is 0.393 e. The molecule has 0 amide bonds. The van der Waals surface area contributed by atoms with Gasteiger partial charge in [-0.1, -0.05) is 38.3 Å². The zero-order valence-electron chi connectivity index (χ0n) is 15.2. The number of hydrogen-bond acceptors (Lipinski definition) is 5. The van der Waals surface area contributed by atoms with E-state index in [4.69, 9.17) is 5.73 Å². The molecule has 1 aromatic carbocycles. The smallest absolute Gasteiger partial charge is 0.159 e. The topological polar surface area (TPSA) is 67.1 Å². The molecular weight excluding hydrogens is 310 g/mol. The predicted octanol–water partition coefficient (Wildman–Crippen LogP) is 4.53. The number of unbranched alkanes of at least 4 members (excludes halogenated alkanes) is 1. The first-order valence-corrected chi connectivity index (χ1v) is 9.49. The Morgan fingerprint density at radius 2 is 1.76 bits per heavy atom. The molecule has 0 unspecified atom stereocenters. The Morgan fingerprint density at radius 3 is 2.44 bits per heavy atom. The van der Waals surface area contributed by atoms with Crippen LogP contribution in [0.5, 0.6) is 0 Å². The van der Waals surface area contributed by atoms with Crippen LogP contribution in [0.2, 0.25) is 0 Å². The van der Waals surface area contributed by atoms with Gasteiger partial charge in [-0.3, -0.25) is 0 Å². The zero-order chi connectivity index (χ0) is 17.5. The Balaban J connectivity index is 1.73. The van der Waals surface area contributed by atoms with Gasteiger partial charge in [0.05, 0.1) is 0 Å². The maximum absolute atomic E-state index is 6.38. The van der Waals surface area contributed by atoms with Gasteiger partial charge in [0.15, 0.2) is 11.6 Å². The van der Waals surface area contributed by atoms with E-state index in [-0.39, 0.29) is 0 Å². The van der Waals surface area contributed by atoms with Crippen LogP contribution in [0, 0.1) is 0 Å². The molecule has 2 aromatic rings. The number of benzene rings is 1. The molecule has 0 bridgehead atoms. The highest BCUT2D eigenvalue weighted by atomic mass is 15.2. The van der Waals surface area contributed by atoms with Gasteiger partial charge in [0.2, 0.25) is 0 Å². The highest BCUT2D eigenvalue weighted by molar-refractivity contribution is 5.78. The molecule has 0 saturated carbocycles. The minimum atomic E-state index is 0.638. The summed E-state index contributed by atoms with van der Waals surface area (Å²) in [6.07, 6.45) is 10.2. The van der Waals surface area contributed by atoms with Crippen molar-refractivity contribution < 1.29 is 0 Å². The molecule has 0 aliphatic carbocycles. The van der Waals surface area contributed by atoms with Crippen LogP contribution in [0.4, 0.5) is 23.0 Å². The number of anilines is 4. The maximum atomic E-state index is 6.38. The highest BCUT2D eigenvalue weighted by Crippen LogP contribution is 2.30. The summed E-state index contributed by atoms with van der Waals surface area (Å²) in [6, 6.07) is 8.53. The SMILES string of the molecule is CCCCc1ccc(Nc2ncnc(N3CCCCCC3)c2N)cc1. The molecule has 25 heavy (non-hydrogen) atoms. The van der Waals surface area contributed by atoms with E-state index in [1.165, 1.54) is 44.1 Å². The van der Waals surface area contributed by atoms with Gasteiger partial charge < -0.3 is 16.0 Å². The third kappa shape index (κ3) is 4.62.